The first kappa shape index (κ1) is 12.4. The summed E-state index contributed by atoms with van der Waals surface area (Å²) in [6.45, 7) is 3.43. The van der Waals surface area contributed by atoms with E-state index in [9.17, 15) is 9.59 Å². The molecule has 0 radical (unpaired) electrons. The topological polar surface area (TPSA) is 57.6 Å². The normalized spacial score (nSPS) is 34.1. The smallest absolute Gasteiger partial charge is 0.308 e. The summed E-state index contributed by atoms with van der Waals surface area (Å²) < 4.78 is 0. The lowest BCUT2D eigenvalue weighted by molar-refractivity contribution is -0.141. The first-order valence-electron chi connectivity index (χ1n) is 6.58. The second kappa shape index (κ2) is 5.07. The maximum atomic E-state index is 11.7. The fourth-order valence-electron chi connectivity index (χ4n) is 3.06. The summed E-state index contributed by atoms with van der Waals surface area (Å²) in [6.07, 6.45) is 5.16. The van der Waals surface area contributed by atoms with E-state index < -0.39 is 11.9 Å². The van der Waals surface area contributed by atoms with Gasteiger partial charge in [-0.2, -0.15) is 0 Å². The van der Waals surface area contributed by atoms with Crippen LogP contribution in [0.5, 0.6) is 0 Å². The Bertz CT molecular complexity index is 316. The summed E-state index contributed by atoms with van der Waals surface area (Å²) >= 11 is 0. The van der Waals surface area contributed by atoms with Crippen LogP contribution in [0.15, 0.2) is 0 Å². The zero-order valence-electron chi connectivity index (χ0n) is 10.4. The van der Waals surface area contributed by atoms with Crippen LogP contribution in [0.1, 0.15) is 39.0 Å². The number of hydrogen-bond donors (Lipinski definition) is 1. The van der Waals surface area contributed by atoms with Crippen LogP contribution < -0.4 is 0 Å². The van der Waals surface area contributed by atoms with E-state index in [1.54, 1.807) is 4.90 Å². The molecule has 1 aliphatic heterocycles. The van der Waals surface area contributed by atoms with Gasteiger partial charge in [-0.15, -0.1) is 0 Å². The second-order valence-corrected chi connectivity index (χ2v) is 5.56. The van der Waals surface area contributed by atoms with E-state index in [0.29, 0.717) is 18.4 Å². The van der Waals surface area contributed by atoms with Gasteiger partial charge in [-0.05, 0) is 18.3 Å². The molecule has 4 heteroatoms. The number of carboxylic acid groups (broad SMARTS) is 1. The molecular formula is C13H21NO3. The highest BCUT2D eigenvalue weighted by Crippen LogP contribution is 2.31. The van der Waals surface area contributed by atoms with E-state index in [-0.39, 0.29) is 12.3 Å². The Hall–Kier alpha value is -1.06. The van der Waals surface area contributed by atoms with Gasteiger partial charge in [0.2, 0.25) is 5.91 Å². The highest BCUT2D eigenvalue weighted by Gasteiger charge is 2.36. The highest BCUT2D eigenvalue weighted by molar-refractivity contribution is 5.86. The molecule has 0 aromatic carbocycles. The van der Waals surface area contributed by atoms with Crippen molar-refractivity contribution in [3.05, 3.63) is 0 Å². The van der Waals surface area contributed by atoms with Crippen molar-refractivity contribution in [3.8, 4) is 0 Å². The van der Waals surface area contributed by atoms with E-state index in [0.717, 1.165) is 6.54 Å². The molecule has 3 unspecified atom stereocenters. The monoisotopic (exact) mass is 239 g/mol. The molecule has 0 aromatic rings. The maximum absolute atomic E-state index is 11.7. The van der Waals surface area contributed by atoms with Crippen LogP contribution in [0.4, 0.5) is 0 Å². The molecule has 17 heavy (non-hydrogen) atoms. The standard InChI is InChI=1S/C13H21NO3/c1-9-4-2-3-5-10(9)7-14-8-11(13(16)17)6-12(14)15/h9-11H,2-8H2,1H3,(H,16,17). The van der Waals surface area contributed by atoms with Gasteiger partial charge in [0.15, 0.2) is 0 Å². The molecule has 1 aliphatic carbocycles. The number of hydrogen-bond acceptors (Lipinski definition) is 2. The first-order chi connectivity index (χ1) is 8.08. The largest absolute Gasteiger partial charge is 0.481 e. The van der Waals surface area contributed by atoms with Crippen LogP contribution in [-0.2, 0) is 9.59 Å². The average Bonchev–Trinajstić information content (AvgIpc) is 2.64. The Kier molecular flexibility index (Phi) is 3.69. The molecule has 1 amide bonds. The Morgan fingerprint density at radius 2 is 2.12 bits per heavy atom. The minimum atomic E-state index is -0.836. The van der Waals surface area contributed by atoms with Gasteiger partial charge < -0.3 is 10.0 Å². The summed E-state index contributed by atoms with van der Waals surface area (Å²) in [5, 5.41) is 8.93. The summed E-state index contributed by atoms with van der Waals surface area (Å²) in [7, 11) is 0. The van der Waals surface area contributed by atoms with Gasteiger partial charge in [0.05, 0.1) is 5.92 Å². The molecule has 0 spiro atoms. The number of nitrogens with zero attached hydrogens (tertiary/aromatic N) is 1. The molecule has 2 aliphatic rings. The third-order valence-corrected chi connectivity index (χ3v) is 4.31. The Labute approximate surface area is 102 Å². The lowest BCUT2D eigenvalue weighted by Gasteiger charge is -2.32. The van der Waals surface area contributed by atoms with Gasteiger partial charge in [0.25, 0.3) is 0 Å². The Balaban J connectivity index is 1.90. The molecule has 96 valence electrons. The van der Waals surface area contributed by atoms with Crippen LogP contribution in [-0.4, -0.2) is 35.0 Å². The zero-order valence-corrected chi connectivity index (χ0v) is 10.4. The molecule has 4 nitrogen and oxygen atoms in total. The summed E-state index contributed by atoms with van der Waals surface area (Å²) in [5.74, 6) is -0.0604. The fourth-order valence-corrected chi connectivity index (χ4v) is 3.06. The lowest BCUT2D eigenvalue weighted by Crippen LogP contribution is -2.35. The van der Waals surface area contributed by atoms with Crippen molar-refractivity contribution in [2.75, 3.05) is 13.1 Å². The average molecular weight is 239 g/mol. The molecule has 0 aromatic heterocycles. The van der Waals surface area contributed by atoms with Crippen LogP contribution in [0.25, 0.3) is 0 Å². The predicted molar refractivity (Wildman–Crippen MR) is 63.4 cm³/mol. The number of carbonyl (C=O) groups is 2. The second-order valence-electron chi connectivity index (χ2n) is 5.56. The molecule has 2 rings (SSSR count). The molecule has 1 saturated carbocycles. The Morgan fingerprint density at radius 3 is 2.71 bits per heavy atom. The summed E-state index contributed by atoms with van der Waals surface area (Å²) in [6, 6.07) is 0. The molecule has 2 fully saturated rings. The number of amides is 1. The third-order valence-electron chi connectivity index (χ3n) is 4.31. The molecule has 3 atom stereocenters. The number of carbonyl (C=O) groups excluding carboxylic acids is 1. The van der Waals surface area contributed by atoms with Crippen molar-refractivity contribution in [1.82, 2.24) is 4.90 Å². The van der Waals surface area contributed by atoms with E-state index in [1.165, 1.54) is 25.7 Å². The van der Waals surface area contributed by atoms with E-state index in [1.807, 2.05) is 0 Å². The van der Waals surface area contributed by atoms with Crippen LogP contribution >= 0.6 is 0 Å². The van der Waals surface area contributed by atoms with Crippen LogP contribution in [0.2, 0.25) is 0 Å². The van der Waals surface area contributed by atoms with Crippen LogP contribution in [0.3, 0.4) is 0 Å². The van der Waals surface area contributed by atoms with Gasteiger partial charge >= 0.3 is 5.97 Å². The molecule has 1 heterocycles. The van der Waals surface area contributed by atoms with Crippen molar-refractivity contribution in [1.29, 1.82) is 0 Å². The van der Waals surface area contributed by atoms with E-state index in [2.05, 4.69) is 6.92 Å². The molecule has 1 saturated heterocycles. The number of likely N-dealkylation sites (tertiary alicyclic amines) is 1. The van der Waals surface area contributed by atoms with E-state index >= 15 is 0 Å². The molecule has 1 N–H and O–H groups in total. The number of aliphatic carboxylic acids is 1. The quantitative estimate of drug-likeness (QED) is 0.816. The van der Waals surface area contributed by atoms with Crippen molar-refractivity contribution in [2.45, 2.75) is 39.0 Å². The van der Waals surface area contributed by atoms with E-state index in [4.69, 9.17) is 5.11 Å². The Morgan fingerprint density at radius 1 is 1.41 bits per heavy atom. The van der Waals surface area contributed by atoms with Crippen molar-refractivity contribution >= 4 is 11.9 Å². The minimum absolute atomic E-state index is 0.0233. The van der Waals surface area contributed by atoms with Gasteiger partial charge in [-0.1, -0.05) is 26.2 Å². The highest BCUT2D eigenvalue weighted by atomic mass is 16.4. The number of rotatable bonds is 3. The lowest BCUT2D eigenvalue weighted by atomic mass is 9.80. The van der Waals surface area contributed by atoms with Crippen LogP contribution in [0, 0.1) is 17.8 Å². The van der Waals surface area contributed by atoms with Gasteiger partial charge in [-0.25, -0.2) is 0 Å². The fraction of sp³-hybridized carbons (Fsp3) is 0.846. The van der Waals surface area contributed by atoms with Gasteiger partial charge in [0.1, 0.15) is 0 Å². The molecule has 0 bridgehead atoms. The molecular weight excluding hydrogens is 218 g/mol. The maximum Gasteiger partial charge on any atom is 0.308 e. The summed E-state index contributed by atoms with van der Waals surface area (Å²) in [5.41, 5.74) is 0. The SMILES string of the molecule is CC1CCCCC1CN1CC(C(=O)O)CC1=O. The zero-order chi connectivity index (χ0) is 12.4. The van der Waals surface area contributed by atoms with Gasteiger partial charge in [-0.3, -0.25) is 9.59 Å². The van der Waals surface area contributed by atoms with Crippen molar-refractivity contribution in [2.24, 2.45) is 17.8 Å². The van der Waals surface area contributed by atoms with Crippen molar-refractivity contribution < 1.29 is 14.7 Å². The third kappa shape index (κ3) is 2.79. The predicted octanol–water partition coefficient (Wildman–Crippen LogP) is 1.75. The van der Waals surface area contributed by atoms with Gasteiger partial charge in [0, 0.05) is 19.5 Å². The van der Waals surface area contributed by atoms with Crippen molar-refractivity contribution in [3.63, 3.8) is 0 Å². The summed E-state index contributed by atoms with van der Waals surface area (Å²) in [4.78, 5) is 24.4. The first-order valence-corrected chi connectivity index (χ1v) is 6.58. The number of carboxylic acids is 1. The minimum Gasteiger partial charge on any atom is -0.481 e.